The van der Waals surface area contributed by atoms with E-state index in [0.29, 0.717) is 11.1 Å². The van der Waals surface area contributed by atoms with Crippen molar-refractivity contribution in [3.05, 3.63) is 65.2 Å². The second kappa shape index (κ2) is 5.83. The van der Waals surface area contributed by atoms with Gasteiger partial charge in [-0.05, 0) is 42.3 Å². The Morgan fingerprint density at radius 1 is 1.16 bits per heavy atom. The monoisotopic (exact) mass is 250 g/mol. The summed E-state index contributed by atoms with van der Waals surface area (Å²) in [6.45, 7) is 2.05. The summed E-state index contributed by atoms with van der Waals surface area (Å²) in [4.78, 5) is 12.1. The van der Waals surface area contributed by atoms with E-state index in [-0.39, 0.29) is 5.91 Å². The maximum absolute atomic E-state index is 12.1. The molecule has 0 bridgehead atoms. The number of rotatable bonds is 3. The molecule has 0 radical (unpaired) electrons. The van der Waals surface area contributed by atoms with Crippen LogP contribution in [-0.2, 0) is 6.42 Å². The first-order chi connectivity index (χ1) is 9.24. The highest BCUT2D eigenvalue weighted by molar-refractivity contribution is 6.04. The number of para-hydroxylation sites is 1. The molecule has 0 fully saturated rings. The van der Waals surface area contributed by atoms with Crippen LogP contribution in [0.25, 0.3) is 0 Å². The van der Waals surface area contributed by atoms with Gasteiger partial charge in [0.15, 0.2) is 0 Å². The fraction of sp³-hybridized carbons (Fsp3) is 0.125. The Balaban J connectivity index is 2.18. The molecule has 2 aromatic rings. The Hall–Kier alpha value is -2.60. The van der Waals surface area contributed by atoms with Crippen LogP contribution >= 0.6 is 0 Å². The van der Waals surface area contributed by atoms with Crippen molar-refractivity contribution in [2.24, 2.45) is 0 Å². The molecule has 3 nitrogen and oxygen atoms in total. The van der Waals surface area contributed by atoms with Gasteiger partial charge in [-0.2, -0.15) is 5.26 Å². The highest BCUT2D eigenvalue weighted by Crippen LogP contribution is 2.16. The van der Waals surface area contributed by atoms with E-state index in [1.165, 1.54) is 0 Å². The van der Waals surface area contributed by atoms with Crippen molar-refractivity contribution in [1.82, 2.24) is 0 Å². The minimum Gasteiger partial charge on any atom is -0.322 e. The van der Waals surface area contributed by atoms with E-state index in [1.807, 2.05) is 37.3 Å². The second-order valence-electron chi connectivity index (χ2n) is 4.15. The van der Waals surface area contributed by atoms with Gasteiger partial charge in [-0.1, -0.05) is 25.1 Å². The van der Waals surface area contributed by atoms with Gasteiger partial charge in [0.1, 0.15) is 0 Å². The van der Waals surface area contributed by atoms with Crippen LogP contribution in [0.5, 0.6) is 0 Å². The maximum Gasteiger partial charge on any atom is 0.255 e. The summed E-state index contributed by atoms with van der Waals surface area (Å²) in [5.74, 6) is -0.162. The van der Waals surface area contributed by atoms with E-state index in [0.717, 1.165) is 17.7 Å². The number of benzene rings is 2. The molecule has 0 saturated heterocycles. The van der Waals surface area contributed by atoms with Crippen LogP contribution in [0.1, 0.15) is 28.4 Å². The molecule has 0 aliphatic carbocycles. The average molecular weight is 250 g/mol. The molecule has 19 heavy (non-hydrogen) atoms. The molecule has 0 aromatic heterocycles. The molecule has 0 aliphatic rings. The number of nitrogens with one attached hydrogen (secondary N) is 1. The smallest absolute Gasteiger partial charge is 0.255 e. The minimum atomic E-state index is -0.162. The summed E-state index contributed by atoms with van der Waals surface area (Å²) in [7, 11) is 0. The predicted octanol–water partition coefficient (Wildman–Crippen LogP) is 3.37. The normalized spacial score (nSPS) is 9.68. The molecular weight excluding hydrogens is 236 g/mol. The Bertz CT molecular complexity index is 624. The fourth-order valence-electron chi connectivity index (χ4n) is 1.84. The summed E-state index contributed by atoms with van der Waals surface area (Å²) in [6, 6.07) is 16.4. The van der Waals surface area contributed by atoms with Gasteiger partial charge in [0.05, 0.1) is 11.6 Å². The van der Waals surface area contributed by atoms with Gasteiger partial charge in [-0.15, -0.1) is 0 Å². The van der Waals surface area contributed by atoms with E-state index >= 15 is 0 Å². The SMILES string of the molecule is CCc1ccccc1NC(=O)c1ccc(C#N)cc1. The first-order valence-electron chi connectivity index (χ1n) is 6.14. The van der Waals surface area contributed by atoms with E-state index < -0.39 is 0 Å². The standard InChI is InChI=1S/C16H14N2O/c1-2-13-5-3-4-6-15(13)18-16(19)14-9-7-12(11-17)8-10-14/h3-10H,2H2,1H3,(H,18,19). The topological polar surface area (TPSA) is 52.9 Å². The molecule has 2 aromatic carbocycles. The highest BCUT2D eigenvalue weighted by Gasteiger charge is 2.07. The van der Waals surface area contributed by atoms with Gasteiger partial charge < -0.3 is 5.32 Å². The van der Waals surface area contributed by atoms with Gasteiger partial charge in [0, 0.05) is 11.3 Å². The van der Waals surface area contributed by atoms with E-state index in [1.54, 1.807) is 24.3 Å². The third-order valence-electron chi connectivity index (χ3n) is 2.92. The number of nitriles is 1. The van der Waals surface area contributed by atoms with Crippen molar-refractivity contribution >= 4 is 11.6 Å². The molecule has 0 spiro atoms. The number of aryl methyl sites for hydroxylation is 1. The fourth-order valence-corrected chi connectivity index (χ4v) is 1.84. The molecule has 0 atom stereocenters. The lowest BCUT2D eigenvalue weighted by molar-refractivity contribution is 0.102. The predicted molar refractivity (Wildman–Crippen MR) is 74.9 cm³/mol. The summed E-state index contributed by atoms with van der Waals surface area (Å²) >= 11 is 0. The summed E-state index contributed by atoms with van der Waals surface area (Å²) < 4.78 is 0. The number of carbonyl (C=O) groups is 1. The molecule has 0 unspecified atom stereocenters. The lowest BCUT2D eigenvalue weighted by Crippen LogP contribution is -2.13. The molecule has 3 heteroatoms. The first kappa shape index (κ1) is 12.8. The minimum absolute atomic E-state index is 0.162. The van der Waals surface area contributed by atoms with Crippen LogP contribution in [-0.4, -0.2) is 5.91 Å². The van der Waals surface area contributed by atoms with Gasteiger partial charge in [0.25, 0.3) is 5.91 Å². The lowest BCUT2D eigenvalue weighted by Gasteiger charge is -2.09. The number of hydrogen-bond donors (Lipinski definition) is 1. The van der Waals surface area contributed by atoms with Crippen LogP contribution < -0.4 is 5.32 Å². The van der Waals surface area contributed by atoms with Crippen LogP contribution in [0, 0.1) is 11.3 Å². The van der Waals surface area contributed by atoms with E-state index in [4.69, 9.17) is 5.26 Å². The van der Waals surface area contributed by atoms with Crippen molar-refractivity contribution < 1.29 is 4.79 Å². The van der Waals surface area contributed by atoms with Crippen LogP contribution in [0.2, 0.25) is 0 Å². The zero-order valence-corrected chi connectivity index (χ0v) is 10.7. The van der Waals surface area contributed by atoms with E-state index in [9.17, 15) is 4.79 Å². The zero-order chi connectivity index (χ0) is 13.7. The zero-order valence-electron chi connectivity index (χ0n) is 10.7. The van der Waals surface area contributed by atoms with E-state index in [2.05, 4.69) is 5.32 Å². The third kappa shape index (κ3) is 2.99. The molecule has 2 rings (SSSR count). The van der Waals surface area contributed by atoms with Crippen molar-refractivity contribution in [2.45, 2.75) is 13.3 Å². The number of hydrogen-bond acceptors (Lipinski definition) is 2. The molecule has 1 amide bonds. The van der Waals surface area contributed by atoms with Gasteiger partial charge >= 0.3 is 0 Å². The lowest BCUT2D eigenvalue weighted by atomic mass is 10.1. The van der Waals surface area contributed by atoms with Gasteiger partial charge in [-0.25, -0.2) is 0 Å². The average Bonchev–Trinajstić information content (AvgIpc) is 2.48. The quantitative estimate of drug-likeness (QED) is 0.908. The summed E-state index contributed by atoms with van der Waals surface area (Å²) in [6.07, 6.45) is 0.865. The molecule has 0 aliphatic heterocycles. The molecule has 0 saturated carbocycles. The van der Waals surface area contributed by atoms with Crippen molar-refractivity contribution in [3.63, 3.8) is 0 Å². The van der Waals surface area contributed by atoms with Crippen molar-refractivity contribution in [2.75, 3.05) is 5.32 Å². The third-order valence-corrected chi connectivity index (χ3v) is 2.92. The number of nitrogens with zero attached hydrogens (tertiary/aromatic N) is 1. The molecule has 1 N–H and O–H groups in total. The van der Waals surface area contributed by atoms with Crippen molar-refractivity contribution in [1.29, 1.82) is 5.26 Å². The number of carbonyl (C=O) groups excluding carboxylic acids is 1. The second-order valence-corrected chi connectivity index (χ2v) is 4.15. The number of amides is 1. The highest BCUT2D eigenvalue weighted by atomic mass is 16.1. The molecule has 94 valence electrons. The van der Waals surface area contributed by atoms with Gasteiger partial charge in [-0.3, -0.25) is 4.79 Å². The van der Waals surface area contributed by atoms with Crippen molar-refractivity contribution in [3.8, 4) is 6.07 Å². The van der Waals surface area contributed by atoms with Crippen LogP contribution in [0.3, 0.4) is 0 Å². The van der Waals surface area contributed by atoms with Crippen LogP contribution in [0.4, 0.5) is 5.69 Å². The summed E-state index contributed by atoms with van der Waals surface area (Å²) in [5.41, 5.74) is 3.03. The first-order valence-corrected chi connectivity index (χ1v) is 6.14. The Kier molecular flexibility index (Phi) is 3.94. The Morgan fingerprint density at radius 3 is 2.47 bits per heavy atom. The summed E-state index contributed by atoms with van der Waals surface area (Å²) in [5, 5.41) is 11.6. The maximum atomic E-state index is 12.1. The molecular formula is C16H14N2O. The largest absolute Gasteiger partial charge is 0.322 e. The Morgan fingerprint density at radius 2 is 1.84 bits per heavy atom. The van der Waals surface area contributed by atoms with Gasteiger partial charge in [0.2, 0.25) is 0 Å². The van der Waals surface area contributed by atoms with Crippen LogP contribution in [0.15, 0.2) is 48.5 Å². The number of anilines is 1. The Labute approximate surface area is 112 Å². The molecule has 0 heterocycles.